The van der Waals surface area contributed by atoms with Gasteiger partial charge in [-0.15, -0.1) is 5.10 Å². The van der Waals surface area contributed by atoms with Crippen molar-refractivity contribution in [1.82, 2.24) is 29.6 Å². The number of tetrazole rings is 1. The van der Waals surface area contributed by atoms with E-state index >= 15 is 0 Å². The van der Waals surface area contributed by atoms with E-state index in [2.05, 4.69) is 15.5 Å². The van der Waals surface area contributed by atoms with Crippen LogP contribution < -0.4 is 5.56 Å². The highest BCUT2D eigenvalue weighted by atomic mass is 32.2. The lowest BCUT2D eigenvalue weighted by Crippen LogP contribution is -2.22. The number of ether oxygens (including phenoxy) is 1. The van der Waals surface area contributed by atoms with Gasteiger partial charge >= 0.3 is 0 Å². The number of para-hydroxylation sites is 1. The van der Waals surface area contributed by atoms with Crippen molar-refractivity contribution < 1.29 is 4.74 Å². The van der Waals surface area contributed by atoms with Crippen LogP contribution >= 0.6 is 11.8 Å². The highest BCUT2D eigenvalue weighted by Gasteiger charge is 2.23. The Morgan fingerprint density at radius 1 is 1.30 bits per heavy atom. The summed E-state index contributed by atoms with van der Waals surface area (Å²) in [5.41, 5.74) is 1.95. The Labute approximate surface area is 161 Å². The largest absolute Gasteiger partial charge is 0.381 e. The zero-order chi connectivity index (χ0) is 18.8. The van der Waals surface area contributed by atoms with Gasteiger partial charge in [-0.3, -0.25) is 9.48 Å². The summed E-state index contributed by atoms with van der Waals surface area (Å²) in [6, 6.07) is 9.56. The minimum Gasteiger partial charge on any atom is -0.381 e. The van der Waals surface area contributed by atoms with Crippen molar-refractivity contribution in [3.63, 3.8) is 0 Å². The van der Waals surface area contributed by atoms with E-state index < -0.39 is 0 Å². The molecule has 3 heterocycles. The quantitative estimate of drug-likeness (QED) is 0.624. The standard InChI is InChI=1S/C18H22N6O2S/c1-13-16(17(25)24(22(13)2)15-8-4-3-5-9-15)23-18(19-20-21-23)27-12-14-7-6-10-26-11-14/h3-5,8-9,14H,6-7,10-12H2,1-2H3. The minimum atomic E-state index is -0.142. The van der Waals surface area contributed by atoms with Crippen molar-refractivity contribution in [3.8, 4) is 11.4 Å². The molecule has 0 radical (unpaired) electrons. The Morgan fingerprint density at radius 3 is 2.85 bits per heavy atom. The van der Waals surface area contributed by atoms with Crippen molar-refractivity contribution >= 4 is 11.8 Å². The van der Waals surface area contributed by atoms with E-state index in [0.717, 1.165) is 43.2 Å². The van der Waals surface area contributed by atoms with E-state index in [1.54, 1.807) is 21.1 Å². The fourth-order valence-corrected chi connectivity index (χ4v) is 4.33. The monoisotopic (exact) mass is 386 g/mol. The van der Waals surface area contributed by atoms with Crippen LogP contribution in [0.25, 0.3) is 11.4 Å². The van der Waals surface area contributed by atoms with E-state index in [4.69, 9.17) is 4.74 Å². The molecule has 2 aromatic heterocycles. The first kappa shape index (κ1) is 18.0. The second kappa shape index (κ2) is 7.69. The zero-order valence-electron chi connectivity index (χ0n) is 15.4. The van der Waals surface area contributed by atoms with Gasteiger partial charge < -0.3 is 4.74 Å². The number of aromatic nitrogens is 6. The van der Waals surface area contributed by atoms with E-state index in [1.165, 1.54) is 0 Å². The summed E-state index contributed by atoms with van der Waals surface area (Å²) in [6.07, 6.45) is 2.25. The second-order valence-electron chi connectivity index (χ2n) is 6.68. The third-order valence-electron chi connectivity index (χ3n) is 4.88. The maximum atomic E-state index is 13.2. The summed E-state index contributed by atoms with van der Waals surface area (Å²) >= 11 is 1.57. The molecule has 1 aromatic carbocycles. The van der Waals surface area contributed by atoms with E-state index in [-0.39, 0.29) is 5.56 Å². The number of benzene rings is 1. The van der Waals surface area contributed by atoms with Crippen molar-refractivity contribution in [1.29, 1.82) is 0 Å². The third-order valence-corrected chi connectivity index (χ3v) is 6.03. The molecule has 4 rings (SSSR count). The van der Waals surface area contributed by atoms with Crippen LogP contribution in [0.15, 0.2) is 40.3 Å². The summed E-state index contributed by atoms with van der Waals surface area (Å²) in [5.74, 6) is 1.37. The maximum absolute atomic E-state index is 13.2. The molecule has 0 amide bonds. The normalized spacial score (nSPS) is 17.3. The lowest BCUT2D eigenvalue weighted by molar-refractivity contribution is 0.0632. The van der Waals surface area contributed by atoms with Crippen LogP contribution in [0.3, 0.4) is 0 Å². The molecule has 3 aromatic rings. The van der Waals surface area contributed by atoms with Crippen LogP contribution in [0.5, 0.6) is 0 Å². The van der Waals surface area contributed by atoms with Gasteiger partial charge in [-0.1, -0.05) is 30.0 Å². The predicted molar refractivity (Wildman–Crippen MR) is 103 cm³/mol. The minimum absolute atomic E-state index is 0.142. The smallest absolute Gasteiger partial charge is 0.297 e. The lowest BCUT2D eigenvalue weighted by Gasteiger charge is -2.21. The molecule has 9 heteroatoms. The van der Waals surface area contributed by atoms with Crippen molar-refractivity contribution in [2.24, 2.45) is 13.0 Å². The van der Waals surface area contributed by atoms with Gasteiger partial charge in [-0.05, 0) is 48.2 Å². The van der Waals surface area contributed by atoms with Gasteiger partial charge in [0.1, 0.15) is 0 Å². The van der Waals surface area contributed by atoms with E-state index in [1.807, 2.05) is 49.0 Å². The van der Waals surface area contributed by atoms with Crippen molar-refractivity contribution in [3.05, 3.63) is 46.4 Å². The van der Waals surface area contributed by atoms with Gasteiger partial charge in [0.2, 0.25) is 5.16 Å². The van der Waals surface area contributed by atoms with Gasteiger partial charge in [0.15, 0.2) is 5.69 Å². The van der Waals surface area contributed by atoms with Gasteiger partial charge in [0, 0.05) is 19.4 Å². The highest BCUT2D eigenvalue weighted by molar-refractivity contribution is 7.99. The molecule has 1 aliphatic rings. The molecule has 1 atom stereocenters. The zero-order valence-corrected chi connectivity index (χ0v) is 16.2. The summed E-state index contributed by atoms with van der Waals surface area (Å²) in [7, 11) is 1.86. The number of thioether (sulfide) groups is 1. The fraction of sp³-hybridized carbons (Fsp3) is 0.444. The molecule has 0 saturated carbocycles. The molecular weight excluding hydrogens is 364 g/mol. The van der Waals surface area contributed by atoms with Crippen molar-refractivity contribution in [2.75, 3.05) is 19.0 Å². The molecule has 8 nitrogen and oxygen atoms in total. The molecule has 1 fully saturated rings. The van der Waals surface area contributed by atoms with Crippen LogP contribution in [0.2, 0.25) is 0 Å². The van der Waals surface area contributed by atoms with Crippen LogP contribution in [-0.2, 0) is 11.8 Å². The molecule has 142 valence electrons. The molecule has 0 aliphatic carbocycles. The first-order valence-electron chi connectivity index (χ1n) is 9.00. The molecule has 1 saturated heterocycles. The molecule has 0 bridgehead atoms. The van der Waals surface area contributed by atoms with Crippen LogP contribution in [0.4, 0.5) is 0 Å². The maximum Gasteiger partial charge on any atom is 0.297 e. The summed E-state index contributed by atoms with van der Waals surface area (Å²) in [5, 5.41) is 12.7. The average molecular weight is 386 g/mol. The highest BCUT2D eigenvalue weighted by Crippen LogP contribution is 2.25. The first-order valence-corrected chi connectivity index (χ1v) is 9.98. The van der Waals surface area contributed by atoms with Crippen LogP contribution in [0, 0.1) is 12.8 Å². The molecule has 27 heavy (non-hydrogen) atoms. The molecular formula is C18H22N6O2S. The number of rotatable bonds is 5. The van der Waals surface area contributed by atoms with Gasteiger partial charge in [0.05, 0.1) is 18.0 Å². The summed E-state index contributed by atoms with van der Waals surface area (Å²) in [4.78, 5) is 13.2. The topological polar surface area (TPSA) is 79.8 Å². The molecule has 0 spiro atoms. The van der Waals surface area contributed by atoms with E-state index in [0.29, 0.717) is 16.8 Å². The lowest BCUT2D eigenvalue weighted by atomic mass is 10.1. The third kappa shape index (κ3) is 3.44. The molecule has 1 aliphatic heterocycles. The van der Waals surface area contributed by atoms with E-state index in [9.17, 15) is 4.79 Å². The number of hydrogen-bond donors (Lipinski definition) is 0. The van der Waals surface area contributed by atoms with Crippen molar-refractivity contribution in [2.45, 2.75) is 24.9 Å². The Hall–Kier alpha value is -2.39. The van der Waals surface area contributed by atoms with Crippen LogP contribution in [-0.4, -0.2) is 48.5 Å². The Bertz CT molecular complexity index is 972. The van der Waals surface area contributed by atoms with Gasteiger partial charge in [-0.2, -0.15) is 4.68 Å². The summed E-state index contributed by atoms with van der Waals surface area (Å²) in [6.45, 7) is 3.53. The number of hydrogen-bond acceptors (Lipinski definition) is 6. The van der Waals surface area contributed by atoms with Crippen LogP contribution in [0.1, 0.15) is 18.5 Å². The summed E-state index contributed by atoms with van der Waals surface area (Å²) < 4.78 is 10.6. The van der Waals surface area contributed by atoms with Gasteiger partial charge in [0.25, 0.3) is 5.56 Å². The fourth-order valence-electron chi connectivity index (χ4n) is 3.34. The molecule has 1 unspecified atom stereocenters. The SMILES string of the molecule is Cc1c(-n2nnnc2SCC2CCCOC2)c(=O)n(-c2ccccc2)n1C. The number of nitrogens with zero attached hydrogens (tertiary/aromatic N) is 6. The predicted octanol–water partition coefficient (Wildman–Crippen LogP) is 1.98. The Balaban J connectivity index is 1.67. The average Bonchev–Trinajstić information content (AvgIpc) is 3.24. The first-order chi connectivity index (χ1) is 13.2. The Morgan fingerprint density at radius 2 is 2.11 bits per heavy atom. The second-order valence-corrected chi connectivity index (χ2v) is 7.66. The Kier molecular flexibility index (Phi) is 5.13. The molecule has 0 N–H and O–H groups in total. The van der Waals surface area contributed by atoms with Gasteiger partial charge in [-0.25, -0.2) is 4.68 Å².